The standard InChI is InChI=1S/C16H27N3O2S/c1-16(2,3)17-15(21)12-19-8-6-18(7-9-19)11-13(20)14-5-4-10-22-14/h4-5,10,13,20H,6-9,11-12H2,1-3H3,(H,17,21)/t13-/m0/s1. The van der Waals surface area contributed by atoms with Crippen LogP contribution < -0.4 is 5.32 Å². The number of thiophene rings is 1. The van der Waals surface area contributed by atoms with E-state index in [1.54, 1.807) is 11.3 Å². The number of piperazine rings is 1. The third kappa shape index (κ3) is 5.68. The highest BCUT2D eigenvalue weighted by Crippen LogP contribution is 2.20. The fourth-order valence-electron chi connectivity index (χ4n) is 2.61. The molecule has 1 aromatic rings. The lowest BCUT2D eigenvalue weighted by atomic mass is 10.1. The number of rotatable bonds is 5. The van der Waals surface area contributed by atoms with E-state index in [1.807, 2.05) is 38.3 Å². The van der Waals surface area contributed by atoms with E-state index in [2.05, 4.69) is 15.1 Å². The van der Waals surface area contributed by atoms with Gasteiger partial charge in [-0.15, -0.1) is 11.3 Å². The first-order valence-corrected chi connectivity index (χ1v) is 8.68. The number of aliphatic hydroxyl groups is 1. The highest BCUT2D eigenvalue weighted by molar-refractivity contribution is 7.10. The molecule has 5 nitrogen and oxygen atoms in total. The van der Waals surface area contributed by atoms with Crippen molar-refractivity contribution in [3.63, 3.8) is 0 Å². The zero-order chi connectivity index (χ0) is 16.2. The average Bonchev–Trinajstić information content (AvgIpc) is 2.92. The van der Waals surface area contributed by atoms with E-state index >= 15 is 0 Å². The van der Waals surface area contributed by atoms with Crippen molar-refractivity contribution in [3.05, 3.63) is 22.4 Å². The number of nitrogens with zero attached hydrogens (tertiary/aromatic N) is 2. The van der Waals surface area contributed by atoms with Crippen molar-refractivity contribution in [2.45, 2.75) is 32.4 Å². The summed E-state index contributed by atoms with van der Waals surface area (Å²) in [7, 11) is 0. The fourth-order valence-corrected chi connectivity index (χ4v) is 3.31. The summed E-state index contributed by atoms with van der Waals surface area (Å²) in [6.07, 6.45) is -0.407. The first-order valence-electron chi connectivity index (χ1n) is 7.81. The van der Waals surface area contributed by atoms with Gasteiger partial charge in [-0.2, -0.15) is 0 Å². The van der Waals surface area contributed by atoms with E-state index < -0.39 is 6.10 Å². The molecule has 0 radical (unpaired) electrons. The lowest BCUT2D eigenvalue weighted by Crippen LogP contribution is -2.52. The molecule has 1 saturated heterocycles. The molecule has 2 rings (SSSR count). The van der Waals surface area contributed by atoms with Crippen molar-refractivity contribution in [1.29, 1.82) is 0 Å². The molecule has 2 heterocycles. The molecule has 0 aromatic carbocycles. The van der Waals surface area contributed by atoms with Crippen molar-refractivity contribution < 1.29 is 9.90 Å². The molecule has 1 aliphatic rings. The molecule has 6 heteroatoms. The Morgan fingerprint density at radius 3 is 2.50 bits per heavy atom. The summed E-state index contributed by atoms with van der Waals surface area (Å²) >= 11 is 1.59. The minimum absolute atomic E-state index is 0.0829. The van der Waals surface area contributed by atoms with E-state index in [9.17, 15) is 9.90 Å². The second kappa shape index (κ2) is 7.55. The Bertz CT molecular complexity index is 462. The largest absolute Gasteiger partial charge is 0.386 e. The van der Waals surface area contributed by atoms with Crippen molar-refractivity contribution >= 4 is 17.2 Å². The normalized spacial score (nSPS) is 19.1. The Hall–Kier alpha value is -0.950. The monoisotopic (exact) mass is 325 g/mol. The van der Waals surface area contributed by atoms with Gasteiger partial charge in [0.05, 0.1) is 6.54 Å². The summed E-state index contributed by atoms with van der Waals surface area (Å²) in [5, 5.41) is 15.2. The van der Waals surface area contributed by atoms with Crippen LogP contribution in [0.5, 0.6) is 0 Å². The number of aliphatic hydroxyl groups excluding tert-OH is 1. The molecule has 1 atom stereocenters. The molecule has 1 amide bonds. The second-order valence-corrected chi connectivity index (χ2v) is 7.89. The number of carbonyl (C=O) groups is 1. The summed E-state index contributed by atoms with van der Waals surface area (Å²) in [4.78, 5) is 17.4. The molecule has 0 bridgehead atoms. The van der Waals surface area contributed by atoms with Gasteiger partial charge in [-0.25, -0.2) is 0 Å². The van der Waals surface area contributed by atoms with Crippen LogP contribution in [-0.2, 0) is 4.79 Å². The smallest absolute Gasteiger partial charge is 0.234 e. The zero-order valence-electron chi connectivity index (χ0n) is 13.7. The van der Waals surface area contributed by atoms with Crippen molar-refractivity contribution in [1.82, 2.24) is 15.1 Å². The number of β-amino-alcohol motifs (C(OH)–C–C–N with tert-alkyl or cyclic N) is 1. The maximum Gasteiger partial charge on any atom is 0.234 e. The SMILES string of the molecule is CC(C)(C)NC(=O)CN1CCN(C[C@H](O)c2cccs2)CC1. The Morgan fingerprint density at radius 2 is 1.95 bits per heavy atom. The van der Waals surface area contributed by atoms with Gasteiger partial charge in [-0.05, 0) is 32.2 Å². The first-order chi connectivity index (χ1) is 10.3. The lowest BCUT2D eigenvalue weighted by molar-refractivity contribution is -0.124. The van der Waals surface area contributed by atoms with Gasteiger partial charge in [-0.3, -0.25) is 14.6 Å². The molecule has 2 N–H and O–H groups in total. The number of amides is 1. The molecule has 1 fully saturated rings. The Balaban J connectivity index is 1.70. The van der Waals surface area contributed by atoms with Gasteiger partial charge in [-0.1, -0.05) is 6.07 Å². The van der Waals surface area contributed by atoms with Gasteiger partial charge in [0.15, 0.2) is 0 Å². The predicted molar refractivity (Wildman–Crippen MR) is 90.1 cm³/mol. The van der Waals surface area contributed by atoms with E-state index in [0.29, 0.717) is 13.1 Å². The number of carbonyl (C=O) groups excluding carboxylic acids is 1. The Labute approximate surface area is 136 Å². The minimum atomic E-state index is -0.407. The predicted octanol–water partition coefficient (Wildman–Crippen LogP) is 1.31. The molecular formula is C16H27N3O2S. The summed E-state index contributed by atoms with van der Waals surface area (Å²) < 4.78 is 0. The van der Waals surface area contributed by atoms with Crippen molar-refractivity contribution in [2.24, 2.45) is 0 Å². The second-order valence-electron chi connectivity index (χ2n) is 6.91. The highest BCUT2D eigenvalue weighted by atomic mass is 32.1. The molecule has 1 aliphatic heterocycles. The van der Waals surface area contributed by atoms with Crippen LogP contribution in [0.4, 0.5) is 0 Å². The number of hydrogen-bond acceptors (Lipinski definition) is 5. The molecule has 0 saturated carbocycles. The van der Waals surface area contributed by atoms with E-state index in [4.69, 9.17) is 0 Å². The summed E-state index contributed by atoms with van der Waals surface area (Å²) in [6.45, 7) is 10.6. The third-order valence-electron chi connectivity index (χ3n) is 3.65. The van der Waals surface area contributed by atoms with Gasteiger partial charge in [0, 0.05) is 43.1 Å². The van der Waals surface area contributed by atoms with Crippen LogP contribution in [0.25, 0.3) is 0 Å². The highest BCUT2D eigenvalue weighted by Gasteiger charge is 2.22. The van der Waals surface area contributed by atoms with Crippen LogP contribution in [-0.4, -0.2) is 65.6 Å². The topological polar surface area (TPSA) is 55.8 Å². The molecular weight excluding hydrogens is 298 g/mol. The number of hydrogen-bond donors (Lipinski definition) is 2. The molecule has 1 aromatic heterocycles. The summed E-state index contributed by atoms with van der Waals surface area (Å²) in [5.74, 6) is 0.0829. The molecule has 22 heavy (non-hydrogen) atoms. The van der Waals surface area contributed by atoms with Crippen LogP contribution in [0.1, 0.15) is 31.8 Å². The minimum Gasteiger partial charge on any atom is -0.386 e. The van der Waals surface area contributed by atoms with Gasteiger partial charge >= 0.3 is 0 Å². The van der Waals surface area contributed by atoms with Crippen LogP contribution in [0, 0.1) is 0 Å². The van der Waals surface area contributed by atoms with Gasteiger partial charge in [0.25, 0.3) is 0 Å². The third-order valence-corrected chi connectivity index (χ3v) is 4.62. The summed E-state index contributed by atoms with van der Waals surface area (Å²) in [6, 6.07) is 3.94. The van der Waals surface area contributed by atoms with Crippen molar-refractivity contribution in [3.8, 4) is 0 Å². The van der Waals surface area contributed by atoms with Crippen LogP contribution in [0.2, 0.25) is 0 Å². The van der Waals surface area contributed by atoms with Crippen molar-refractivity contribution in [2.75, 3.05) is 39.3 Å². The molecule has 0 spiro atoms. The van der Waals surface area contributed by atoms with Crippen LogP contribution >= 0.6 is 11.3 Å². The zero-order valence-corrected chi connectivity index (χ0v) is 14.5. The van der Waals surface area contributed by atoms with E-state index in [1.165, 1.54) is 0 Å². The molecule has 124 valence electrons. The fraction of sp³-hybridized carbons (Fsp3) is 0.688. The maximum absolute atomic E-state index is 11.9. The van der Waals surface area contributed by atoms with E-state index in [0.717, 1.165) is 31.1 Å². The van der Waals surface area contributed by atoms with Gasteiger partial charge < -0.3 is 10.4 Å². The molecule has 0 unspecified atom stereocenters. The van der Waals surface area contributed by atoms with Gasteiger partial charge in [0.1, 0.15) is 6.10 Å². The quantitative estimate of drug-likeness (QED) is 0.857. The Kier molecular flexibility index (Phi) is 5.97. The first kappa shape index (κ1) is 17.4. The summed E-state index contributed by atoms with van der Waals surface area (Å²) in [5.41, 5.74) is -0.177. The van der Waals surface area contributed by atoms with Crippen LogP contribution in [0.3, 0.4) is 0 Å². The Morgan fingerprint density at radius 1 is 1.32 bits per heavy atom. The molecule has 0 aliphatic carbocycles. The lowest BCUT2D eigenvalue weighted by Gasteiger charge is -2.35. The number of nitrogens with one attached hydrogen (secondary N) is 1. The maximum atomic E-state index is 11.9. The van der Waals surface area contributed by atoms with Gasteiger partial charge in [0.2, 0.25) is 5.91 Å². The van der Waals surface area contributed by atoms with E-state index in [-0.39, 0.29) is 11.4 Å². The average molecular weight is 325 g/mol. The van der Waals surface area contributed by atoms with Crippen LogP contribution in [0.15, 0.2) is 17.5 Å².